The number of hydrogen-bond donors (Lipinski definition) is 0. The van der Waals surface area contributed by atoms with Crippen LogP contribution in [0.1, 0.15) is 48.6 Å². The molecule has 2 bridgehead atoms. The number of hydrogen-bond acceptors (Lipinski definition) is 2. The Kier molecular flexibility index (Phi) is 2.16. The molecule has 1 aromatic rings. The smallest absolute Gasteiger partial charge is 0.130 e. The van der Waals surface area contributed by atoms with Crippen LogP contribution in [-0.4, -0.2) is 15.4 Å². The van der Waals surface area contributed by atoms with E-state index < -0.39 is 10.8 Å². The van der Waals surface area contributed by atoms with Crippen molar-refractivity contribution in [2.75, 3.05) is 6.26 Å². The Morgan fingerprint density at radius 1 is 1.27 bits per heavy atom. The molecule has 3 heteroatoms. The molecule has 4 rings (SSSR count). The topological polar surface area (TPSA) is 30.0 Å². The van der Waals surface area contributed by atoms with E-state index in [1.807, 2.05) is 6.20 Å². The molecule has 0 spiro atoms. The molecule has 0 N–H and O–H groups in total. The Balaban J connectivity index is 2.22. The molecule has 0 amide bonds. The molecule has 0 aliphatic heterocycles. The van der Waals surface area contributed by atoms with Crippen molar-refractivity contribution in [3.8, 4) is 0 Å². The highest BCUT2D eigenvalue weighted by molar-refractivity contribution is 7.84. The molecule has 2 nitrogen and oxygen atoms in total. The van der Waals surface area contributed by atoms with Gasteiger partial charge >= 0.3 is 0 Å². The molecule has 0 radical (unpaired) electrons. The fraction of sp³-hybridized carbons (Fsp3) is 0.583. The SMILES string of the molecule is CS(=O)c1nccc2c1C1CCC2CC1. The van der Waals surface area contributed by atoms with E-state index in [2.05, 4.69) is 11.1 Å². The third-order valence-corrected chi connectivity index (χ3v) is 4.70. The molecule has 3 aliphatic carbocycles. The van der Waals surface area contributed by atoms with E-state index in [9.17, 15) is 4.21 Å². The summed E-state index contributed by atoms with van der Waals surface area (Å²) in [6, 6.07) is 2.14. The Morgan fingerprint density at radius 2 is 1.93 bits per heavy atom. The first-order valence-corrected chi connectivity index (χ1v) is 7.15. The van der Waals surface area contributed by atoms with Gasteiger partial charge in [0.25, 0.3) is 0 Å². The van der Waals surface area contributed by atoms with Crippen LogP contribution < -0.4 is 0 Å². The molecule has 1 saturated carbocycles. The third kappa shape index (κ3) is 1.36. The summed E-state index contributed by atoms with van der Waals surface area (Å²) < 4.78 is 11.6. The highest BCUT2D eigenvalue weighted by atomic mass is 32.2. The van der Waals surface area contributed by atoms with Crippen LogP contribution in [0.3, 0.4) is 0 Å². The molecule has 1 fully saturated rings. The number of nitrogens with zero attached hydrogens (tertiary/aromatic N) is 1. The van der Waals surface area contributed by atoms with Crippen LogP contribution in [0.5, 0.6) is 0 Å². The zero-order chi connectivity index (χ0) is 10.4. The van der Waals surface area contributed by atoms with Gasteiger partial charge in [-0.05, 0) is 54.7 Å². The van der Waals surface area contributed by atoms with Gasteiger partial charge in [-0.15, -0.1) is 0 Å². The Morgan fingerprint density at radius 3 is 2.60 bits per heavy atom. The largest absolute Gasteiger partial charge is 0.253 e. The zero-order valence-electron chi connectivity index (χ0n) is 8.90. The normalized spacial score (nSPS) is 29.9. The summed E-state index contributed by atoms with van der Waals surface area (Å²) in [7, 11) is -0.931. The van der Waals surface area contributed by atoms with Crippen molar-refractivity contribution >= 4 is 10.8 Å². The molecule has 0 saturated heterocycles. The second kappa shape index (κ2) is 3.41. The van der Waals surface area contributed by atoms with Crippen molar-refractivity contribution < 1.29 is 4.21 Å². The fourth-order valence-corrected chi connectivity index (χ4v) is 3.96. The van der Waals surface area contributed by atoms with Crippen molar-refractivity contribution in [1.29, 1.82) is 0 Å². The Hall–Kier alpha value is -0.700. The molecule has 1 unspecified atom stereocenters. The van der Waals surface area contributed by atoms with E-state index in [1.54, 1.807) is 6.26 Å². The number of fused-ring (bicyclic) bond motifs is 2. The van der Waals surface area contributed by atoms with Gasteiger partial charge < -0.3 is 0 Å². The van der Waals surface area contributed by atoms with Crippen molar-refractivity contribution in [3.05, 3.63) is 23.4 Å². The van der Waals surface area contributed by atoms with Gasteiger partial charge in [0.05, 0.1) is 10.8 Å². The van der Waals surface area contributed by atoms with Gasteiger partial charge in [0, 0.05) is 12.5 Å². The van der Waals surface area contributed by atoms with E-state index in [1.165, 1.54) is 36.8 Å². The maximum atomic E-state index is 11.6. The van der Waals surface area contributed by atoms with Gasteiger partial charge in [0.1, 0.15) is 5.03 Å². The maximum Gasteiger partial charge on any atom is 0.130 e. The lowest BCUT2D eigenvalue weighted by Gasteiger charge is -2.38. The zero-order valence-corrected chi connectivity index (χ0v) is 9.72. The predicted octanol–water partition coefficient (Wildman–Crippen LogP) is 2.57. The van der Waals surface area contributed by atoms with Gasteiger partial charge in [-0.1, -0.05) is 0 Å². The van der Waals surface area contributed by atoms with E-state index in [0.29, 0.717) is 5.92 Å². The van der Waals surface area contributed by atoms with Gasteiger partial charge in [-0.25, -0.2) is 4.98 Å². The quantitative estimate of drug-likeness (QED) is 0.729. The van der Waals surface area contributed by atoms with Crippen LogP contribution in [-0.2, 0) is 10.8 Å². The molecule has 0 aromatic carbocycles. The standard InChI is InChI=1S/C12H15NOS/c1-15(14)12-11-9-4-2-8(3-5-9)10(11)6-7-13-12/h6-9H,2-5H2,1H3. The maximum absolute atomic E-state index is 11.6. The molecule has 80 valence electrons. The lowest BCUT2D eigenvalue weighted by atomic mass is 9.68. The number of rotatable bonds is 1. The summed E-state index contributed by atoms with van der Waals surface area (Å²) >= 11 is 0. The molecule has 1 heterocycles. The van der Waals surface area contributed by atoms with Crippen molar-refractivity contribution in [3.63, 3.8) is 0 Å². The molecular formula is C12H15NOS. The van der Waals surface area contributed by atoms with Crippen molar-refractivity contribution in [1.82, 2.24) is 4.98 Å². The average molecular weight is 221 g/mol. The minimum absolute atomic E-state index is 0.637. The van der Waals surface area contributed by atoms with Crippen LogP contribution >= 0.6 is 0 Å². The summed E-state index contributed by atoms with van der Waals surface area (Å²) in [5.41, 5.74) is 2.78. The van der Waals surface area contributed by atoms with Gasteiger partial charge in [-0.2, -0.15) is 0 Å². The predicted molar refractivity (Wildman–Crippen MR) is 60.5 cm³/mol. The number of pyridine rings is 1. The second-order valence-electron chi connectivity index (χ2n) is 4.62. The average Bonchev–Trinajstić information content (AvgIpc) is 2.30. The van der Waals surface area contributed by atoms with Gasteiger partial charge in [0.15, 0.2) is 0 Å². The molecule has 1 atom stereocenters. The highest BCUT2D eigenvalue weighted by Gasteiger charge is 2.35. The summed E-state index contributed by atoms with van der Waals surface area (Å²) in [4.78, 5) is 4.31. The lowest BCUT2D eigenvalue weighted by molar-refractivity contribution is 0.351. The van der Waals surface area contributed by atoms with E-state index in [0.717, 1.165) is 10.9 Å². The van der Waals surface area contributed by atoms with Gasteiger partial charge in [-0.3, -0.25) is 4.21 Å². The Labute approximate surface area is 92.6 Å². The highest BCUT2D eigenvalue weighted by Crippen LogP contribution is 2.50. The molecule has 3 aliphatic rings. The van der Waals surface area contributed by atoms with Crippen LogP contribution in [0.25, 0.3) is 0 Å². The van der Waals surface area contributed by atoms with Crippen LogP contribution in [0.15, 0.2) is 17.3 Å². The fourth-order valence-electron chi connectivity index (χ4n) is 3.16. The Bertz CT molecular complexity index is 422. The molecular weight excluding hydrogens is 206 g/mol. The van der Waals surface area contributed by atoms with E-state index >= 15 is 0 Å². The number of aromatic nitrogens is 1. The minimum Gasteiger partial charge on any atom is -0.253 e. The van der Waals surface area contributed by atoms with Crippen LogP contribution in [0.2, 0.25) is 0 Å². The van der Waals surface area contributed by atoms with Crippen molar-refractivity contribution in [2.45, 2.75) is 42.5 Å². The van der Waals surface area contributed by atoms with Crippen LogP contribution in [0.4, 0.5) is 0 Å². The molecule has 15 heavy (non-hydrogen) atoms. The second-order valence-corrected chi connectivity index (χ2v) is 5.92. The summed E-state index contributed by atoms with van der Waals surface area (Å²) in [6.07, 6.45) is 8.75. The van der Waals surface area contributed by atoms with Crippen LogP contribution in [0, 0.1) is 0 Å². The van der Waals surface area contributed by atoms with E-state index in [4.69, 9.17) is 0 Å². The van der Waals surface area contributed by atoms with E-state index in [-0.39, 0.29) is 0 Å². The summed E-state index contributed by atoms with van der Waals surface area (Å²) in [5.74, 6) is 1.35. The first-order chi connectivity index (χ1) is 7.27. The van der Waals surface area contributed by atoms with Gasteiger partial charge in [0.2, 0.25) is 0 Å². The monoisotopic (exact) mass is 221 g/mol. The first kappa shape index (κ1) is 9.52. The first-order valence-electron chi connectivity index (χ1n) is 5.59. The third-order valence-electron chi connectivity index (χ3n) is 3.83. The van der Waals surface area contributed by atoms with Crippen molar-refractivity contribution in [2.24, 2.45) is 0 Å². The molecule has 1 aromatic heterocycles. The summed E-state index contributed by atoms with van der Waals surface area (Å²) in [6.45, 7) is 0. The summed E-state index contributed by atoms with van der Waals surface area (Å²) in [5, 5.41) is 0.849. The lowest BCUT2D eigenvalue weighted by Crippen LogP contribution is -2.23. The minimum atomic E-state index is -0.931.